The molecule has 0 bridgehead atoms. The number of thiophene rings is 2. The van der Waals surface area contributed by atoms with Crippen molar-refractivity contribution in [1.82, 2.24) is 30.2 Å². The van der Waals surface area contributed by atoms with Crippen LogP contribution in [0.3, 0.4) is 0 Å². The van der Waals surface area contributed by atoms with Crippen molar-refractivity contribution < 1.29 is 19.1 Å². The van der Waals surface area contributed by atoms with Gasteiger partial charge in [-0.1, -0.05) is 0 Å². The number of anilines is 2. The Labute approximate surface area is 323 Å². The summed E-state index contributed by atoms with van der Waals surface area (Å²) in [6.07, 6.45) is 4.95. The van der Waals surface area contributed by atoms with Gasteiger partial charge >= 0.3 is 6.09 Å². The first-order valence-electron chi connectivity index (χ1n) is 17.2. The van der Waals surface area contributed by atoms with Crippen molar-refractivity contribution in [3.05, 3.63) is 56.8 Å². The third-order valence-corrected chi connectivity index (χ3v) is 13.0. The number of pyridine rings is 2. The van der Waals surface area contributed by atoms with Gasteiger partial charge in [0, 0.05) is 60.2 Å². The van der Waals surface area contributed by atoms with Gasteiger partial charge in [0.1, 0.15) is 36.7 Å². The zero-order chi connectivity index (χ0) is 37.6. The molecule has 0 fully saturated rings. The van der Waals surface area contributed by atoms with Crippen LogP contribution in [-0.4, -0.2) is 61.4 Å². The topological polar surface area (TPSA) is 151 Å². The second kappa shape index (κ2) is 14.8. The van der Waals surface area contributed by atoms with E-state index in [2.05, 4.69) is 25.9 Å². The molecular formula is C37H40N8O4S4. The number of rotatable bonds is 4. The molecule has 3 amide bonds. The molecule has 0 aliphatic carbocycles. The lowest BCUT2D eigenvalue weighted by Gasteiger charge is -2.30. The van der Waals surface area contributed by atoms with E-state index < -0.39 is 5.60 Å². The van der Waals surface area contributed by atoms with Crippen LogP contribution in [-0.2, 0) is 40.3 Å². The monoisotopic (exact) mass is 788 g/mol. The number of hydrogen-bond acceptors (Lipinski definition) is 13. The van der Waals surface area contributed by atoms with E-state index in [1.807, 2.05) is 52.9 Å². The number of hydrogen-bond donors (Lipinski definition) is 3. The van der Waals surface area contributed by atoms with Gasteiger partial charge in [-0.3, -0.25) is 19.6 Å². The minimum atomic E-state index is -0.536. The second-order valence-electron chi connectivity index (χ2n) is 13.9. The number of carbonyl (C=O) groups excluding carboxylic acids is 3. The molecule has 0 saturated heterocycles. The van der Waals surface area contributed by atoms with Crippen LogP contribution in [0, 0.1) is 13.8 Å². The minimum absolute atomic E-state index is 0.0447. The van der Waals surface area contributed by atoms with E-state index in [0.29, 0.717) is 19.5 Å². The largest absolute Gasteiger partial charge is 0.444 e. The minimum Gasteiger partial charge on any atom is -0.444 e. The van der Waals surface area contributed by atoms with Gasteiger partial charge in [0.25, 0.3) is 0 Å². The molecule has 6 aromatic rings. The summed E-state index contributed by atoms with van der Waals surface area (Å²) in [6, 6.07) is 3.96. The highest BCUT2D eigenvalue weighted by Gasteiger charge is 2.31. The molecule has 8 heterocycles. The molecule has 0 spiro atoms. The molecule has 53 heavy (non-hydrogen) atoms. The van der Waals surface area contributed by atoms with E-state index in [1.54, 1.807) is 52.0 Å². The summed E-state index contributed by atoms with van der Waals surface area (Å²) in [5.74, 6) is -0.172. The third-order valence-electron chi connectivity index (χ3n) is 8.62. The number of ether oxygens (including phenoxy) is 1. The van der Waals surface area contributed by atoms with Crippen molar-refractivity contribution in [1.29, 1.82) is 0 Å². The van der Waals surface area contributed by atoms with Gasteiger partial charge in [-0.05, 0) is 77.3 Å². The molecule has 2 aliphatic rings. The number of aryl methyl sites for hydroxylation is 2. The predicted octanol–water partition coefficient (Wildman–Crippen LogP) is 8.31. The van der Waals surface area contributed by atoms with Crippen LogP contribution in [0.5, 0.6) is 0 Å². The highest BCUT2D eigenvalue weighted by atomic mass is 32.1. The van der Waals surface area contributed by atoms with Crippen LogP contribution in [0.1, 0.15) is 66.9 Å². The summed E-state index contributed by atoms with van der Waals surface area (Å²) in [6.45, 7) is 15.4. The maximum absolute atomic E-state index is 12.5. The zero-order valence-corrected chi connectivity index (χ0v) is 33.8. The summed E-state index contributed by atoms with van der Waals surface area (Å²) in [7, 11) is 0. The Balaban J connectivity index is 0.000000170. The first kappa shape index (κ1) is 37.0. The maximum atomic E-state index is 12.5. The lowest BCUT2D eigenvalue weighted by atomic mass is 10.0. The smallest absolute Gasteiger partial charge is 0.410 e. The standard InChI is InChI=1S/C21H24N4O3S2.C16H16N4OS2/c1-11-17-14(6-8-22-11)29-19(24-17)16-13-7-9-25(20(27)28-21(3,4)5)10-15(13)30-18(16)23-12(2)26;1-8-14-11(4-6-18-8)22-16(20-14)13-10-3-5-17-7-12(10)23-15(13)19-9(2)21/h6,8H,7,9-10H2,1-5H3,(H,23,26);4,6,17H,3,5,7H2,1-2H3,(H,19,21). The lowest BCUT2D eigenvalue weighted by Crippen LogP contribution is -2.39. The molecule has 0 saturated carbocycles. The number of carbonyl (C=O) groups is 3. The van der Waals surface area contributed by atoms with Crippen molar-refractivity contribution in [2.75, 3.05) is 23.7 Å². The lowest BCUT2D eigenvalue weighted by molar-refractivity contribution is -0.115. The first-order valence-corrected chi connectivity index (χ1v) is 20.5. The van der Waals surface area contributed by atoms with E-state index in [0.717, 1.165) is 92.9 Å². The summed E-state index contributed by atoms with van der Waals surface area (Å²) >= 11 is 6.43. The fourth-order valence-corrected chi connectivity index (χ4v) is 11.2. The predicted molar refractivity (Wildman–Crippen MR) is 215 cm³/mol. The molecular weight excluding hydrogens is 749 g/mol. The molecule has 8 rings (SSSR count). The van der Waals surface area contributed by atoms with Crippen LogP contribution in [0.15, 0.2) is 24.5 Å². The quantitative estimate of drug-likeness (QED) is 0.160. The molecule has 0 unspecified atom stereocenters. The summed E-state index contributed by atoms with van der Waals surface area (Å²) in [5.41, 5.74) is 7.67. The number of aromatic nitrogens is 4. The Bertz CT molecular complexity index is 2380. The Morgan fingerprint density at radius 3 is 1.83 bits per heavy atom. The highest BCUT2D eigenvalue weighted by Crippen LogP contribution is 2.47. The van der Waals surface area contributed by atoms with Crippen LogP contribution in [0.4, 0.5) is 14.8 Å². The van der Waals surface area contributed by atoms with Crippen molar-refractivity contribution in [3.63, 3.8) is 0 Å². The third kappa shape index (κ3) is 7.82. The highest BCUT2D eigenvalue weighted by molar-refractivity contribution is 7.23. The summed E-state index contributed by atoms with van der Waals surface area (Å²) in [4.78, 5) is 58.4. The fraction of sp³-hybridized carbons (Fsp3) is 0.378. The Morgan fingerprint density at radius 2 is 1.32 bits per heavy atom. The van der Waals surface area contributed by atoms with E-state index in [4.69, 9.17) is 14.7 Å². The molecule has 3 N–H and O–H groups in total. The summed E-state index contributed by atoms with van der Waals surface area (Å²) in [5, 5.41) is 12.9. The van der Waals surface area contributed by atoms with E-state index in [-0.39, 0.29) is 17.9 Å². The van der Waals surface area contributed by atoms with Crippen molar-refractivity contribution in [2.45, 2.75) is 80.0 Å². The average Bonchev–Trinajstić information content (AvgIpc) is 3.86. The molecule has 276 valence electrons. The van der Waals surface area contributed by atoms with Crippen LogP contribution in [0.2, 0.25) is 0 Å². The van der Waals surface area contributed by atoms with Crippen molar-refractivity contribution in [3.8, 4) is 21.1 Å². The molecule has 0 aromatic carbocycles. The molecule has 16 heteroatoms. The van der Waals surface area contributed by atoms with E-state index in [1.165, 1.54) is 28.7 Å². The molecule has 12 nitrogen and oxygen atoms in total. The van der Waals surface area contributed by atoms with Gasteiger partial charge in [-0.2, -0.15) is 0 Å². The normalized spacial score (nSPS) is 14.0. The number of thiazole rings is 2. The average molecular weight is 789 g/mol. The fourth-order valence-electron chi connectivity index (χ4n) is 6.35. The van der Waals surface area contributed by atoms with Gasteiger partial charge in [0.15, 0.2) is 0 Å². The number of amides is 3. The zero-order valence-electron chi connectivity index (χ0n) is 30.6. The molecule has 0 radical (unpaired) electrons. The number of fused-ring (bicyclic) bond motifs is 4. The van der Waals surface area contributed by atoms with Crippen LogP contribution < -0.4 is 16.0 Å². The number of nitrogens with zero attached hydrogens (tertiary/aromatic N) is 5. The van der Waals surface area contributed by atoms with Crippen molar-refractivity contribution >= 4 is 93.7 Å². The van der Waals surface area contributed by atoms with Crippen molar-refractivity contribution in [2.24, 2.45) is 0 Å². The Morgan fingerprint density at radius 1 is 0.792 bits per heavy atom. The second-order valence-corrected chi connectivity index (χ2v) is 18.2. The van der Waals surface area contributed by atoms with Gasteiger partial charge in [-0.15, -0.1) is 45.3 Å². The maximum Gasteiger partial charge on any atom is 0.410 e. The van der Waals surface area contributed by atoms with Gasteiger partial charge in [-0.25, -0.2) is 14.8 Å². The van der Waals surface area contributed by atoms with Crippen LogP contribution in [0.25, 0.3) is 41.6 Å². The molecule has 6 aromatic heterocycles. The van der Waals surface area contributed by atoms with Gasteiger partial charge < -0.3 is 25.6 Å². The Hall–Kier alpha value is -4.35. The van der Waals surface area contributed by atoms with Gasteiger partial charge in [0.05, 0.1) is 27.3 Å². The molecule has 0 atom stereocenters. The Kier molecular flexibility index (Phi) is 10.3. The first-order chi connectivity index (χ1) is 25.3. The van der Waals surface area contributed by atoms with Gasteiger partial charge in [0.2, 0.25) is 11.8 Å². The van der Waals surface area contributed by atoms with Crippen LogP contribution >= 0.6 is 45.3 Å². The van der Waals surface area contributed by atoms with E-state index in [9.17, 15) is 14.4 Å². The number of nitrogens with one attached hydrogen (secondary N) is 3. The SMILES string of the molecule is CC(=O)Nc1sc2c(c1-c1nc3c(C)nccc3s1)CCN(C(=O)OC(C)(C)C)C2.CC(=O)Nc1sc2c(c1-c1nc3c(C)nccc3s1)CCNC2. The summed E-state index contributed by atoms with van der Waals surface area (Å²) < 4.78 is 7.74. The molecule has 2 aliphatic heterocycles. The van der Waals surface area contributed by atoms with E-state index >= 15 is 0 Å².